The number of hydrogen-bond donors (Lipinski definition) is 1. The minimum atomic E-state index is -0.0543. The van der Waals surface area contributed by atoms with Crippen LogP contribution < -0.4 is 5.32 Å². The van der Waals surface area contributed by atoms with Crippen LogP contribution in [-0.2, 0) is 0 Å². The molecule has 1 aromatic rings. The van der Waals surface area contributed by atoms with Gasteiger partial charge in [0.05, 0.1) is 0 Å². The number of rotatable bonds is 5. The summed E-state index contributed by atoms with van der Waals surface area (Å²) in [5, 5.41) is 3.68. The zero-order valence-electron chi connectivity index (χ0n) is 10.1. The SMILES string of the molecule is Cc1cc(Cl)ccc1C(=O)NCCCC(C)Cl. The lowest BCUT2D eigenvalue weighted by Gasteiger charge is -2.08. The second kappa shape index (κ2) is 6.87. The van der Waals surface area contributed by atoms with Gasteiger partial charge in [0.25, 0.3) is 5.91 Å². The van der Waals surface area contributed by atoms with E-state index in [0.717, 1.165) is 18.4 Å². The molecule has 1 unspecified atom stereocenters. The molecular formula is C13H17Cl2NO. The molecular weight excluding hydrogens is 257 g/mol. The maximum atomic E-state index is 11.8. The Kier molecular flexibility index (Phi) is 5.79. The normalized spacial score (nSPS) is 12.2. The third-order valence-corrected chi connectivity index (χ3v) is 2.95. The van der Waals surface area contributed by atoms with Gasteiger partial charge in [-0.3, -0.25) is 4.79 Å². The summed E-state index contributed by atoms with van der Waals surface area (Å²) in [4.78, 5) is 11.8. The summed E-state index contributed by atoms with van der Waals surface area (Å²) in [6.45, 7) is 4.48. The molecule has 0 heterocycles. The summed E-state index contributed by atoms with van der Waals surface area (Å²) in [5.41, 5.74) is 1.56. The monoisotopic (exact) mass is 273 g/mol. The lowest BCUT2D eigenvalue weighted by atomic mass is 10.1. The molecule has 0 fully saturated rings. The van der Waals surface area contributed by atoms with Gasteiger partial charge in [-0.15, -0.1) is 11.6 Å². The fraction of sp³-hybridized carbons (Fsp3) is 0.462. The van der Waals surface area contributed by atoms with Crippen molar-refractivity contribution < 1.29 is 4.79 Å². The van der Waals surface area contributed by atoms with Gasteiger partial charge in [0.15, 0.2) is 0 Å². The van der Waals surface area contributed by atoms with E-state index in [1.807, 2.05) is 13.8 Å². The maximum Gasteiger partial charge on any atom is 0.251 e. The maximum absolute atomic E-state index is 11.8. The van der Waals surface area contributed by atoms with Gasteiger partial charge >= 0.3 is 0 Å². The number of benzene rings is 1. The Hall–Kier alpha value is -0.730. The number of carbonyl (C=O) groups excluding carboxylic acids is 1. The fourth-order valence-electron chi connectivity index (χ4n) is 1.56. The standard InChI is InChI=1S/C13H17Cl2NO/c1-9-8-11(15)5-6-12(9)13(17)16-7-3-4-10(2)14/h5-6,8,10H,3-4,7H2,1-2H3,(H,16,17). The van der Waals surface area contributed by atoms with Crippen molar-refractivity contribution in [3.05, 3.63) is 34.3 Å². The molecule has 1 amide bonds. The predicted molar refractivity (Wildman–Crippen MR) is 73.1 cm³/mol. The average molecular weight is 274 g/mol. The number of hydrogen-bond acceptors (Lipinski definition) is 1. The summed E-state index contributed by atoms with van der Waals surface area (Å²) >= 11 is 11.7. The van der Waals surface area contributed by atoms with Crippen LogP contribution in [-0.4, -0.2) is 17.8 Å². The molecule has 0 bridgehead atoms. The minimum absolute atomic E-state index is 0.0543. The highest BCUT2D eigenvalue weighted by atomic mass is 35.5. The first-order valence-corrected chi connectivity index (χ1v) is 6.50. The lowest BCUT2D eigenvalue weighted by Crippen LogP contribution is -2.25. The molecule has 0 spiro atoms. The average Bonchev–Trinajstić information content (AvgIpc) is 2.23. The largest absolute Gasteiger partial charge is 0.352 e. The summed E-state index contributed by atoms with van der Waals surface area (Å²) in [5.74, 6) is -0.0543. The molecule has 94 valence electrons. The van der Waals surface area contributed by atoms with E-state index < -0.39 is 0 Å². The van der Waals surface area contributed by atoms with Crippen molar-refractivity contribution in [3.63, 3.8) is 0 Å². The van der Waals surface area contributed by atoms with Crippen LogP contribution in [0.5, 0.6) is 0 Å². The Bertz CT molecular complexity index is 391. The second-order valence-corrected chi connectivity index (χ2v) is 5.32. The molecule has 17 heavy (non-hydrogen) atoms. The first kappa shape index (κ1) is 14.3. The van der Waals surface area contributed by atoms with E-state index in [1.54, 1.807) is 18.2 Å². The van der Waals surface area contributed by atoms with Gasteiger partial charge in [0, 0.05) is 22.5 Å². The van der Waals surface area contributed by atoms with E-state index in [2.05, 4.69) is 5.32 Å². The van der Waals surface area contributed by atoms with Crippen molar-refractivity contribution in [2.24, 2.45) is 0 Å². The molecule has 0 aliphatic rings. The Labute approximate surface area is 112 Å². The zero-order valence-corrected chi connectivity index (χ0v) is 11.6. The highest BCUT2D eigenvalue weighted by Gasteiger charge is 2.08. The summed E-state index contributed by atoms with van der Waals surface area (Å²) in [6.07, 6.45) is 1.80. The Balaban J connectivity index is 2.47. The van der Waals surface area contributed by atoms with Crippen LogP contribution >= 0.6 is 23.2 Å². The van der Waals surface area contributed by atoms with Crippen LogP contribution in [0.1, 0.15) is 35.7 Å². The Morgan fingerprint density at radius 2 is 2.18 bits per heavy atom. The highest BCUT2D eigenvalue weighted by molar-refractivity contribution is 6.30. The van der Waals surface area contributed by atoms with Crippen molar-refractivity contribution in [1.29, 1.82) is 0 Å². The van der Waals surface area contributed by atoms with Gasteiger partial charge < -0.3 is 5.32 Å². The van der Waals surface area contributed by atoms with Crippen LogP contribution in [0.15, 0.2) is 18.2 Å². The van der Waals surface area contributed by atoms with Crippen molar-refractivity contribution in [1.82, 2.24) is 5.32 Å². The molecule has 1 atom stereocenters. The number of nitrogens with one attached hydrogen (secondary N) is 1. The van der Waals surface area contributed by atoms with Crippen LogP contribution in [0, 0.1) is 6.92 Å². The fourth-order valence-corrected chi connectivity index (χ4v) is 1.94. The van der Waals surface area contributed by atoms with Gasteiger partial charge in [-0.05, 0) is 50.5 Å². The summed E-state index contributed by atoms with van der Waals surface area (Å²) < 4.78 is 0. The lowest BCUT2D eigenvalue weighted by molar-refractivity contribution is 0.0952. The third-order valence-electron chi connectivity index (χ3n) is 2.50. The van der Waals surface area contributed by atoms with Crippen LogP contribution in [0.4, 0.5) is 0 Å². The predicted octanol–water partition coefficient (Wildman–Crippen LogP) is 3.79. The summed E-state index contributed by atoms with van der Waals surface area (Å²) in [6, 6.07) is 5.26. The summed E-state index contributed by atoms with van der Waals surface area (Å²) in [7, 11) is 0. The molecule has 1 N–H and O–H groups in total. The number of halogens is 2. The molecule has 1 rings (SSSR count). The van der Waals surface area contributed by atoms with Crippen molar-refractivity contribution >= 4 is 29.1 Å². The van der Waals surface area contributed by atoms with Crippen molar-refractivity contribution in [2.45, 2.75) is 32.1 Å². The molecule has 0 saturated carbocycles. The third kappa shape index (κ3) is 4.97. The van der Waals surface area contributed by atoms with Crippen LogP contribution in [0.2, 0.25) is 5.02 Å². The van der Waals surface area contributed by atoms with Crippen molar-refractivity contribution in [3.8, 4) is 0 Å². The van der Waals surface area contributed by atoms with E-state index in [-0.39, 0.29) is 11.3 Å². The number of amides is 1. The minimum Gasteiger partial charge on any atom is -0.352 e. The Morgan fingerprint density at radius 1 is 1.47 bits per heavy atom. The second-order valence-electron chi connectivity index (χ2n) is 4.14. The van der Waals surface area contributed by atoms with Crippen LogP contribution in [0.3, 0.4) is 0 Å². The van der Waals surface area contributed by atoms with E-state index in [1.165, 1.54) is 0 Å². The number of aryl methyl sites for hydroxylation is 1. The topological polar surface area (TPSA) is 29.1 Å². The molecule has 0 saturated heterocycles. The van der Waals surface area contributed by atoms with Gasteiger partial charge in [-0.2, -0.15) is 0 Å². The molecule has 2 nitrogen and oxygen atoms in total. The first-order valence-electron chi connectivity index (χ1n) is 5.69. The molecule has 4 heteroatoms. The van der Waals surface area contributed by atoms with E-state index in [9.17, 15) is 4.79 Å². The van der Waals surface area contributed by atoms with Crippen molar-refractivity contribution in [2.75, 3.05) is 6.54 Å². The molecule has 0 aromatic heterocycles. The molecule has 0 aliphatic heterocycles. The molecule has 0 aliphatic carbocycles. The van der Waals surface area contributed by atoms with Gasteiger partial charge in [0.2, 0.25) is 0 Å². The zero-order chi connectivity index (χ0) is 12.8. The van der Waals surface area contributed by atoms with Gasteiger partial charge in [-0.1, -0.05) is 11.6 Å². The van der Waals surface area contributed by atoms with E-state index in [0.29, 0.717) is 17.1 Å². The smallest absolute Gasteiger partial charge is 0.251 e. The first-order chi connectivity index (χ1) is 8.00. The van der Waals surface area contributed by atoms with Crippen LogP contribution in [0.25, 0.3) is 0 Å². The number of carbonyl (C=O) groups is 1. The van der Waals surface area contributed by atoms with Gasteiger partial charge in [-0.25, -0.2) is 0 Å². The van der Waals surface area contributed by atoms with E-state index in [4.69, 9.17) is 23.2 Å². The quantitative estimate of drug-likeness (QED) is 0.642. The molecule has 0 radical (unpaired) electrons. The highest BCUT2D eigenvalue weighted by Crippen LogP contribution is 2.15. The number of alkyl halides is 1. The van der Waals surface area contributed by atoms with Gasteiger partial charge in [0.1, 0.15) is 0 Å². The van der Waals surface area contributed by atoms with E-state index >= 15 is 0 Å². The molecule has 1 aromatic carbocycles. The Morgan fingerprint density at radius 3 is 2.76 bits per heavy atom.